The van der Waals surface area contributed by atoms with Crippen LogP contribution in [-0.2, 0) is 30.4 Å². The van der Waals surface area contributed by atoms with E-state index in [9.17, 15) is 29.1 Å². The molecule has 0 fully saturated rings. The third-order valence-electron chi connectivity index (χ3n) is 6.88. The monoisotopic (exact) mass is 558 g/mol. The molecular formula is C28H42N6O6. The first-order valence-electron chi connectivity index (χ1n) is 13.6. The highest BCUT2D eigenvalue weighted by Crippen LogP contribution is 2.19. The van der Waals surface area contributed by atoms with Crippen LogP contribution in [0.25, 0.3) is 10.9 Å². The van der Waals surface area contributed by atoms with E-state index in [1.807, 2.05) is 45.0 Å². The number of carboxylic acid groups (broad SMARTS) is 1. The predicted molar refractivity (Wildman–Crippen MR) is 151 cm³/mol. The molecule has 0 aliphatic heterocycles. The molecule has 1 heterocycles. The van der Waals surface area contributed by atoms with Gasteiger partial charge in [-0.05, 0) is 42.7 Å². The summed E-state index contributed by atoms with van der Waals surface area (Å²) in [5.74, 6) is -4.15. The number of rotatable bonds is 16. The van der Waals surface area contributed by atoms with Crippen LogP contribution < -0.4 is 27.4 Å². The molecule has 0 aliphatic rings. The van der Waals surface area contributed by atoms with Crippen LogP contribution in [-0.4, -0.2) is 63.9 Å². The van der Waals surface area contributed by atoms with E-state index < -0.39 is 53.8 Å². The number of hydrogen-bond donors (Lipinski definition) is 7. The molecule has 4 amide bonds. The number of aliphatic carboxylic acids is 1. The molecule has 0 spiro atoms. The highest BCUT2D eigenvalue weighted by Gasteiger charge is 2.32. The van der Waals surface area contributed by atoms with Crippen molar-refractivity contribution in [3.63, 3.8) is 0 Å². The lowest BCUT2D eigenvalue weighted by atomic mass is 9.97. The zero-order chi connectivity index (χ0) is 30.0. The fourth-order valence-corrected chi connectivity index (χ4v) is 4.38. The number of primary amides is 1. The average Bonchev–Trinajstić information content (AvgIpc) is 3.30. The maximum Gasteiger partial charge on any atom is 0.326 e. The molecule has 0 radical (unpaired) electrons. The number of nitrogens with one attached hydrogen (secondary N) is 4. The molecule has 9 N–H and O–H groups in total. The first kappa shape index (κ1) is 32.3. The van der Waals surface area contributed by atoms with Gasteiger partial charge in [-0.1, -0.05) is 52.3 Å². The van der Waals surface area contributed by atoms with Gasteiger partial charge in [-0.3, -0.25) is 19.2 Å². The fourth-order valence-electron chi connectivity index (χ4n) is 4.38. The summed E-state index contributed by atoms with van der Waals surface area (Å²) in [4.78, 5) is 65.7. The van der Waals surface area contributed by atoms with Gasteiger partial charge in [0.1, 0.15) is 18.1 Å². The second kappa shape index (κ2) is 15.0. The van der Waals surface area contributed by atoms with Crippen LogP contribution in [0.3, 0.4) is 0 Å². The molecule has 40 heavy (non-hydrogen) atoms. The van der Waals surface area contributed by atoms with Crippen LogP contribution in [0, 0.1) is 11.8 Å². The number of hydrogen-bond acceptors (Lipinski definition) is 6. The van der Waals surface area contributed by atoms with Gasteiger partial charge in [-0.2, -0.15) is 0 Å². The minimum atomic E-state index is -1.19. The van der Waals surface area contributed by atoms with E-state index >= 15 is 0 Å². The number of carbonyl (C=O) groups is 5. The fraction of sp³-hybridized carbons (Fsp3) is 0.536. The summed E-state index contributed by atoms with van der Waals surface area (Å²) in [5.41, 5.74) is 13.2. The Kier molecular flexibility index (Phi) is 12.1. The molecule has 1 aromatic carbocycles. The maximum absolute atomic E-state index is 13.3. The molecule has 12 heteroatoms. The third-order valence-corrected chi connectivity index (χ3v) is 6.88. The van der Waals surface area contributed by atoms with Crippen LogP contribution in [0.4, 0.5) is 0 Å². The van der Waals surface area contributed by atoms with Crippen molar-refractivity contribution in [2.24, 2.45) is 23.3 Å². The van der Waals surface area contributed by atoms with E-state index in [-0.39, 0.29) is 37.5 Å². The SMILES string of the molecule is CCC(C)C(NC(=O)C(CC(C)C)NC(=O)C(CCC(N)=O)NC(=O)C(N)Cc1c[nH]c2ccccc12)C(=O)O. The summed E-state index contributed by atoms with van der Waals surface area (Å²) in [6.07, 6.45) is 2.43. The second-order valence-electron chi connectivity index (χ2n) is 10.6. The van der Waals surface area contributed by atoms with Gasteiger partial charge >= 0.3 is 5.97 Å². The average molecular weight is 559 g/mol. The normalized spacial score (nSPS) is 15.1. The molecule has 0 saturated carbocycles. The Morgan fingerprint density at radius 2 is 1.57 bits per heavy atom. The molecule has 1 aromatic heterocycles. The van der Waals surface area contributed by atoms with E-state index in [1.165, 1.54) is 0 Å². The number of aromatic amines is 1. The standard InChI is InChI=1S/C28H42N6O6/c1-5-16(4)24(28(39)40)34-27(38)22(12-15(2)3)33-26(37)21(10-11-23(30)35)32-25(36)19(29)13-17-14-31-20-9-7-6-8-18(17)20/h6-9,14-16,19,21-22,24,31H,5,10-13,29H2,1-4H3,(H2,30,35)(H,32,36)(H,33,37)(H,34,38)(H,39,40). The molecule has 2 rings (SSSR count). The minimum Gasteiger partial charge on any atom is -0.480 e. The molecular weight excluding hydrogens is 516 g/mol. The molecule has 2 aromatic rings. The Labute approximate surface area is 234 Å². The Bertz CT molecular complexity index is 1190. The van der Waals surface area contributed by atoms with Crippen molar-refractivity contribution in [3.8, 4) is 0 Å². The molecule has 0 bridgehead atoms. The zero-order valence-electron chi connectivity index (χ0n) is 23.5. The summed E-state index contributed by atoms with van der Waals surface area (Å²) in [7, 11) is 0. The van der Waals surface area contributed by atoms with E-state index in [4.69, 9.17) is 11.5 Å². The first-order valence-corrected chi connectivity index (χ1v) is 13.6. The molecule has 0 saturated heterocycles. The van der Waals surface area contributed by atoms with Crippen LogP contribution >= 0.6 is 0 Å². The van der Waals surface area contributed by atoms with Crippen LogP contribution in [0.2, 0.25) is 0 Å². The Morgan fingerprint density at radius 3 is 2.17 bits per heavy atom. The molecule has 12 nitrogen and oxygen atoms in total. The lowest BCUT2D eigenvalue weighted by Crippen LogP contribution is -2.58. The van der Waals surface area contributed by atoms with Gasteiger partial charge in [-0.15, -0.1) is 0 Å². The largest absolute Gasteiger partial charge is 0.480 e. The summed E-state index contributed by atoms with van der Waals surface area (Å²) >= 11 is 0. The van der Waals surface area contributed by atoms with Crippen molar-refractivity contribution in [2.45, 2.75) is 84.0 Å². The van der Waals surface area contributed by atoms with Crippen molar-refractivity contribution >= 4 is 40.5 Å². The third kappa shape index (κ3) is 9.37. The van der Waals surface area contributed by atoms with Gasteiger partial charge in [0.2, 0.25) is 23.6 Å². The van der Waals surface area contributed by atoms with Gasteiger partial charge < -0.3 is 37.5 Å². The van der Waals surface area contributed by atoms with Crippen molar-refractivity contribution < 1.29 is 29.1 Å². The minimum absolute atomic E-state index is 0.0221. The smallest absolute Gasteiger partial charge is 0.326 e. The van der Waals surface area contributed by atoms with E-state index in [1.54, 1.807) is 13.1 Å². The summed E-state index contributed by atoms with van der Waals surface area (Å²) in [6, 6.07) is 3.19. The number of benzene rings is 1. The van der Waals surface area contributed by atoms with Crippen molar-refractivity contribution in [1.82, 2.24) is 20.9 Å². The van der Waals surface area contributed by atoms with Gasteiger partial charge in [0.05, 0.1) is 6.04 Å². The lowest BCUT2D eigenvalue weighted by molar-refractivity contribution is -0.144. The number of carbonyl (C=O) groups excluding carboxylic acids is 4. The van der Waals surface area contributed by atoms with Crippen molar-refractivity contribution in [2.75, 3.05) is 0 Å². The first-order chi connectivity index (χ1) is 18.8. The Balaban J connectivity index is 2.17. The highest BCUT2D eigenvalue weighted by molar-refractivity contribution is 5.94. The van der Waals surface area contributed by atoms with Gasteiger partial charge in [0, 0.05) is 23.5 Å². The quantitative estimate of drug-likeness (QED) is 0.158. The van der Waals surface area contributed by atoms with E-state index in [0.29, 0.717) is 6.42 Å². The van der Waals surface area contributed by atoms with Crippen LogP contribution in [0.5, 0.6) is 0 Å². The van der Waals surface area contributed by atoms with Gasteiger partial charge in [-0.25, -0.2) is 4.79 Å². The van der Waals surface area contributed by atoms with E-state index in [2.05, 4.69) is 20.9 Å². The van der Waals surface area contributed by atoms with Gasteiger partial charge in [0.25, 0.3) is 0 Å². The number of nitrogens with two attached hydrogens (primary N) is 2. The molecule has 5 atom stereocenters. The molecule has 5 unspecified atom stereocenters. The zero-order valence-corrected chi connectivity index (χ0v) is 23.5. The molecule has 220 valence electrons. The number of H-pyrrole nitrogens is 1. The Morgan fingerprint density at radius 1 is 0.950 bits per heavy atom. The van der Waals surface area contributed by atoms with Crippen molar-refractivity contribution in [3.05, 3.63) is 36.0 Å². The number of aromatic nitrogens is 1. The topological polar surface area (TPSA) is 209 Å². The Hall–Kier alpha value is -3.93. The number of para-hydroxylation sites is 1. The summed E-state index contributed by atoms with van der Waals surface area (Å²) in [6.45, 7) is 7.23. The van der Waals surface area contributed by atoms with Crippen molar-refractivity contribution in [1.29, 1.82) is 0 Å². The van der Waals surface area contributed by atoms with Crippen LogP contribution in [0.15, 0.2) is 30.5 Å². The predicted octanol–water partition coefficient (Wildman–Crippen LogP) is 0.934. The highest BCUT2D eigenvalue weighted by atomic mass is 16.4. The summed E-state index contributed by atoms with van der Waals surface area (Å²) < 4.78 is 0. The maximum atomic E-state index is 13.3. The molecule has 0 aliphatic carbocycles. The van der Waals surface area contributed by atoms with Gasteiger partial charge in [0.15, 0.2) is 0 Å². The number of amides is 4. The summed E-state index contributed by atoms with van der Waals surface area (Å²) in [5, 5.41) is 18.3. The number of carboxylic acids is 1. The lowest BCUT2D eigenvalue weighted by Gasteiger charge is -2.27. The van der Waals surface area contributed by atoms with Crippen LogP contribution in [0.1, 0.15) is 58.9 Å². The van der Waals surface area contributed by atoms with E-state index in [0.717, 1.165) is 16.5 Å². The number of fused-ring (bicyclic) bond motifs is 1. The second-order valence-corrected chi connectivity index (χ2v) is 10.6.